The summed E-state index contributed by atoms with van der Waals surface area (Å²) in [6.07, 6.45) is 0. The number of aryl methyl sites for hydroxylation is 1. The highest BCUT2D eigenvalue weighted by atomic mass is 35.5. The van der Waals surface area contributed by atoms with E-state index in [1.807, 2.05) is 31.2 Å². The summed E-state index contributed by atoms with van der Waals surface area (Å²) in [6.45, 7) is 1.94. The molecule has 3 aromatic rings. The van der Waals surface area contributed by atoms with Crippen LogP contribution in [0.3, 0.4) is 0 Å². The zero-order valence-electron chi connectivity index (χ0n) is 15.9. The standard InChI is InChI=1S/C23H16ClFN2O2S/c1-14-3-2-4-17(13-14)26-20-21(30-19-11-5-15(24)6-12-19)23(29)27(22(20)28)18-9-7-16(25)8-10-18/h2-13,26H,1H3. The number of hydrogen-bond donors (Lipinski definition) is 1. The number of anilines is 2. The molecule has 0 bridgehead atoms. The van der Waals surface area contributed by atoms with Gasteiger partial charge >= 0.3 is 0 Å². The maximum absolute atomic E-state index is 13.3. The molecular weight excluding hydrogens is 423 g/mol. The van der Waals surface area contributed by atoms with Gasteiger partial charge in [0.25, 0.3) is 11.8 Å². The lowest BCUT2D eigenvalue weighted by Gasteiger charge is -2.15. The third-order valence-electron chi connectivity index (χ3n) is 4.45. The normalized spacial score (nSPS) is 13.9. The van der Waals surface area contributed by atoms with E-state index >= 15 is 0 Å². The summed E-state index contributed by atoms with van der Waals surface area (Å²) in [6, 6.07) is 19.8. The molecule has 1 heterocycles. The first-order chi connectivity index (χ1) is 14.4. The van der Waals surface area contributed by atoms with Crippen molar-refractivity contribution in [3.63, 3.8) is 0 Å². The van der Waals surface area contributed by atoms with Gasteiger partial charge in [0, 0.05) is 15.6 Å². The van der Waals surface area contributed by atoms with E-state index < -0.39 is 17.6 Å². The predicted molar refractivity (Wildman–Crippen MR) is 118 cm³/mol. The molecule has 4 nitrogen and oxygen atoms in total. The third kappa shape index (κ3) is 4.10. The Bertz CT molecular complexity index is 1160. The maximum atomic E-state index is 13.3. The fourth-order valence-electron chi connectivity index (χ4n) is 3.03. The SMILES string of the molecule is Cc1cccc(NC2=C(Sc3ccc(Cl)cc3)C(=O)N(c3ccc(F)cc3)C2=O)c1. The van der Waals surface area contributed by atoms with E-state index in [0.29, 0.717) is 16.4 Å². The van der Waals surface area contributed by atoms with Gasteiger partial charge in [-0.2, -0.15) is 0 Å². The van der Waals surface area contributed by atoms with Crippen LogP contribution in [0.4, 0.5) is 15.8 Å². The molecule has 0 saturated carbocycles. The van der Waals surface area contributed by atoms with E-state index in [1.54, 1.807) is 24.3 Å². The van der Waals surface area contributed by atoms with Crippen LogP contribution in [-0.2, 0) is 9.59 Å². The van der Waals surface area contributed by atoms with E-state index in [-0.39, 0.29) is 10.6 Å². The number of carbonyl (C=O) groups excluding carboxylic acids is 2. The average Bonchev–Trinajstić information content (AvgIpc) is 2.94. The third-order valence-corrected chi connectivity index (χ3v) is 5.79. The molecule has 0 unspecified atom stereocenters. The Morgan fingerprint density at radius 2 is 1.63 bits per heavy atom. The van der Waals surface area contributed by atoms with E-state index in [2.05, 4.69) is 5.32 Å². The van der Waals surface area contributed by atoms with Crippen LogP contribution in [0.15, 0.2) is 88.3 Å². The topological polar surface area (TPSA) is 49.4 Å². The molecule has 150 valence electrons. The van der Waals surface area contributed by atoms with Gasteiger partial charge in [0.15, 0.2) is 0 Å². The first-order valence-corrected chi connectivity index (χ1v) is 10.3. The smallest absolute Gasteiger partial charge is 0.283 e. The minimum absolute atomic E-state index is 0.176. The Balaban J connectivity index is 1.74. The van der Waals surface area contributed by atoms with Crippen molar-refractivity contribution in [2.24, 2.45) is 0 Å². The predicted octanol–water partition coefficient (Wildman–Crippen LogP) is 5.78. The van der Waals surface area contributed by atoms with Crippen molar-refractivity contribution in [3.05, 3.63) is 99.8 Å². The Morgan fingerprint density at radius 3 is 2.30 bits per heavy atom. The number of benzene rings is 3. The van der Waals surface area contributed by atoms with E-state index in [9.17, 15) is 14.0 Å². The molecule has 4 rings (SSSR count). The molecule has 0 atom stereocenters. The Hall–Kier alpha value is -3.09. The van der Waals surface area contributed by atoms with Crippen LogP contribution in [0.2, 0.25) is 5.02 Å². The number of thioether (sulfide) groups is 1. The van der Waals surface area contributed by atoms with Crippen LogP contribution >= 0.6 is 23.4 Å². The first-order valence-electron chi connectivity index (χ1n) is 9.08. The van der Waals surface area contributed by atoms with Gasteiger partial charge in [-0.1, -0.05) is 35.5 Å². The molecule has 0 aliphatic carbocycles. The Morgan fingerprint density at radius 1 is 0.933 bits per heavy atom. The number of nitrogens with zero attached hydrogens (tertiary/aromatic N) is 1. The second kappa shape index (κ2) is 8.34. The fourth-order valence-corrected chi connectivity index (χ4v) is 4.08. The summed E-state index contributed by atoms with van der Waals surface area (Å²) in [5.41, 5.74) is 2.19. The quantitative estimate of drug-likeness (QED) is 0.513. The minimum Gasteiger partial charge on any atom is -0.350 e. The minimum atomic E-state index is -0.496. The number of halogens is 2. The largest absolute Gasteiger partial charge is 0.350 e. The highest BCUT2D eigenvalue weighted by Gasteiger charge is 2.40. The lowest BCUT2D eigenvalue weighted by Crippen LogP contribution is -2.32. The highest BCUT2D eigenvalue weighted by molar-refractivity contribution is 8.04. The molecule has 0 aromatic heterocycles. The maximum Gasteiger partial charge on any atom is 0.283 e. The summed E-state index contributed by atoms with van der Waals surface area (Å²) in [4.78, 5) is 28.5. The molecule has 1 aliphatic rings. The molecule has 1 aliphatic heterocycles. The molecule has 2 amide bonds. The van der Waals surface area contributed by atoms with Gasteiger partial charge in [0.1, 0.15) is 16.4 Å². The van der Waals surface area contributed by atoms with Gasteiger partial charge in [-0.25, -0.2) is 9.29 Å². The summed E-state index contributed by atoms with van der Waals surface area (Å²) in [7, 11) is 0. The van der Waals surface area contributed by atoms with Crippen molar-refractivity contribution in [3.8, 4) is 0 Å². The second-order valence-corrected chi connectivity index (χ2v) is 8.20. The molecule has 0 radical (unpaired) electrons. The highest BCUT2D eigenvalue weighted by Crippen LogP contribution is 2.38. The number of hydrogen-bond acceptors (Lipinski definition) is 4. The van der Waals surface area contributed by atoms with Crippen molar-refractivity contribution >= 4 is 46.6 Å². The fraction of sp³-hybridized carbons (Fsp3) is 0.0435. The van der Waals surface area contributed by atoms with Crippen molar-refractivity contribution in [2.75, 3.05) is 10.2 Å². The number of amides is 2. The lowest BCUT2D eigenvalue weighted by atomic mass is 10.2. The zero-order valence-corrected chi connectivity index (χ0v) is 17.4. The molecule has 0 fully saturated rings. The van der Waals surface area contributed by atoms with Gasteiger partial charge in [0.05, 0.1) is 5.69 Å². The van der Waals surface area contributed by atoms with Crippen molar-refractivity contribution in [1.29, 1.82) is 0 Å². The number of carbonyl (C=O) groups is 2. The van der Waals surface area contributed by atoms with Crippen LogP contribution in [-0.4, -0.2) is 11.8 Å². The van der Waals surface area contributed by atoms with Gasteiger partial charge in [-0.15, -0.1) is 0 Å². The van der Waals surface area contributed by atoms with Gasteiger partial charge in [-0.05, 0) is 73.2 Å². The van der Waals surface area contributed by atoms with E-state index in [0.717, 1.165) is 15.4 Å². The van der Waals surface area contributed by atoms with E-state index in [4.69, 9.17) is 11.6 Å². The number of rotatable bonds is 5. The molecule has 0 spiro atoms. The van der Waals surface area contributed by atoms with Crippen LogP contribution in [0.1, 0.15) is 5.56 Å². The molecule has 7 heteroatoms. The van der Waals surface area contributed by atoms with Gasteiger partial charge in [0.2, 0.25) is 0 Å². The average molecular weight is 439 g/mol. The van der Waals surface area contributed by atoms with Gasteiger partial charge in [-0.3, -0.25) is 9.59 Å². The zero-order chi connectivity index (χ0) is 21.3. The molecule has 30 heavy (non-hydrogen) atoms. The summed E-state index contributed by atoms with van der Waals surface area (Å²) < 4.78 is 13.3. The van der Waals surface area contributed by atoms with Crippen LogP contribution in [0, 0.1) is 12.7 Å². The molecular formula is C23H16ClFN2O2S. The van der Waals surface area contributed by atoms with Crippen molar-refractivity contribution in [2.45, 2.75) is 11.8 Å². The monoisotopic (exact) mass is 438 g/mol. The van der Waals surface area contributed by atoms with Gasteiger partial charge < -0.3 is 5.32 Å². The van der Waals surface area contributed by atoms with Crippen molar-refractivity contribution < 1.29 is 14.0 Å². The molecule has 1 N–H and O–H groups in total. The Kier molecular flexibility index (Phi) is 5.61. The Labute approximate surface area is 182 Å². The second-order valence-electron chi connectivity index (χ2n) is 6.68. The molecule has 3 aromatic carbocycles. The number of imide groups is 1. The summed E-state index contributed by atoms with van der Waals surface area (Å²) in [5, 5.41) is 3.68. The van der Waals surface area contributed by atoms with Crippen LogP contribution < -0.4 is 10.2 Å². The van der Waals surface area contributed by atoms with Crippen LogP contribution in [0.5, 0.6) is 0 Å². The lowest BCUT2D eigenvalue weighted by molar-refractivity contribution is -0.120. The molecule has 0 saturated heterocycles. The summed E-state index contributed by atoms with van der Waals surface area (Å²) in [5.74, 6) is -1.41. The number of nitrogens with one attached hydrogen (secondary N) is 1. The first kappa shape index (κ1) is 20.2. The van der Waals surface area contributed by atoms with Crippen molar-refractivity contribution in [1.82, 2.24) is 0 Å². The van der Waals surface area contributed by atoms with Crippen LogP contribution in [0.25, 0.3) is 0 Å². The van der Waals surface area contributed by atoms with E-state index in [1.165, 1.54) is 36.0 Å². The summed E-state index contributed by atoms with van der Waals surface area (Å²) >= 11 is 7.13.